The van der Waals surface area contributed by atoms with E-state index < -0.39 is 0 Å². The Bertz CT molecular complexity index is 474. The van der Waals surface area contributed by atoms with Crippen LogP contribution in [0.1, 0.15) is 11.3 Å². The van der Waals surface area contributed by atoms with Gasteiger partial charge in [0.1, 0.15) is 12.0 Å². The molecule has 0 atom stereocenters. The molecule has 0 fully saturated rings. The number of carbonyl (C=O) groups excluding carboxylic acids is 1. The normalized spacial score (nSPS) is 10.2. The minimum Gasteiger partial charge on any atom is -0.441 e. The number of benzene rings is 1. The van der Waals surface area contributed by atoms with Crippen LogP contribution in [0.15, 0.2) is 34.9 Å². The molecule has 1 aromatic carbocycles. The molecule has 0 amide bonds. The van der Waals surface area contributed by atoms with Gasteiger partial charge in [0.05, 0.1) is 12.6 Å². The van der Waals surface area contributed by atoms with Crippen LogP contribution < -0.4 is 0 Å². The van der Waals surface area contributed by atoms with Gasteiger partial charge in [-0.1, -0.05) is 17.7 Å². The van der Waals surface area contributed by atoms with E-state index in [1.54, 1.807) is 6.20 Å². The minimum atomic E-state index is 0.277. The molecule has 0 radical (unpaired) electrons. The van der Waals surface area contributed by atoms with E-state index in [4.69, 9.17) is 4.42 Å². The van der Waals surface area contributed by atoms with Crippen molar-refractivity contribution in [1.82, 2.24) is 4.98 Å². The maximum absolute atomic E-state index is 10.3. The third-order valence-electron chi connectivity index (χ3n) is 2.10. The molecule has 76 valence electrons. The molecule has 0 aliphatic heterocycles. The Morgan fingerprint density at radius 1 is 1.47 bits per heavy atom. The predicted octanol–water partition coefficient (Wildman–Crippen LogP) is 2.39. The summed E-state index contributed by atoms with van der Waals surface area (Å²) in [6, 6.07) is 7.90. The van der Waals surface area contributed by atoms with Gasteiger partial charge in [-0.2, -0.15) is 0 Å². The Labute approximate surface area is 87.8 Å². The molecule has 3 heteroatoms. The SMILES string of the molecule is Cc1cccc(-c2ncc(CC=O)o2)c1. The minimum absolute atomic E-state index is 0.277. The second kappa shape index (κ2) is 4.09. The molecule has 0 aliphatic carbocycles. The third-order valence-corrected chi connectivity index (χ3v) is 2.10. The number of hydrogen-bond donors (Lipinski definition) is 0. The third kappa shape index (κ3) is 2.13. The number of aldehydes is 1. The summed E-state index contributed by atoms with van der Waals surface area (Å²) in [5, 5.41) is 0. The summed E-state index contributed by atoms with van der Waals surface area (Å²) in [5.74, 6) is 1.16. The summed E-state index contributed by atoms with van der Waals surface area (Å²) in [6.45, 7) is 2.01. The van der Waals surface area contributed by atoms with Crippen molar-refractivity contribution < 1.29 is 9.21 Å². The summed E-state index contributed by atoms with van der Waals surface area (Å²) in [7, 11) is 0. The standard InChI is InChI=1S/C12H11NO2/c1-9-3-2-4-10(7-9)12-13-8-11(15-12)5-6-14/h2-4,6-8H,5H2,1H3. The van der Waals surface area contributed by atoms with E-state index in [2.05, 4.69) is 4.98 Å². The number of nitrogens with zero attached hydrogens (tertiary/aromatic N) is 1. The van der Waals surface area contributed by atoms with Crippen molar-refractivity contribution in [3.8, 4) is 11.5 Å². The van der Waals surface area contributed by atoms with Gasteiger partial charge in [-0.25, -0.2) is 4.98 Å². The van der Waals surface area contributed by atoms with Crippen molar-refractivity contribution >= 4 is 6.29 Å². The van der Waals surface area contributed by atoms with Crippen molar-refractivity contribution in [3.63, 3.8) is 0 Å². The fraction of sp³-hybridized carbons (Fsp3) is 0.167. The summed E-state index contributed by atoms with van der Waals surface area (Å²) in [6.07, 6.45) is 2.67. The molecule has 15 heavy (non-hydrogen) atoms. The van der Waals surface area contributed by atoms with Crippen molar-refractivity contribution in [2.45, 2.75) is 13.3 Å². The topological polar surface area (TPSA) is 43.1 Å². The monoisotopic (exact) mass is 201 g/mol. The van der Waals surface area contributed by atoms with Gasteiger partial charge >= 0.3 is 0 Å². The predicted molar refractivity (Wildman–Crippen MR) is 56.4 cm³/mol. The highest BCUT2D eigenvalue weighted by atomic mass is 16.4. The number of rotatable bonds is 3. The summed E-state index contributed by atoms with van der Waals surface area (Å²) >= 11 is 0. The maximum atomic E-state index is 10.3. The molecular formula is C12H11NO2. The first kappa shape index (κ1) is 9.65. The van der Waals surface area contributed by atoms with Crippen LogP contribution >= 0.6 is 0 Å². The molecule has 0 spiro atoms. The van der Waals surface area contributed by atoms with Gasteiger partial charge in [0, 0.05) is 5.56 Å². The van der Waals surface area contributed by atoms with Gasteiger partial charge in [0.25, 0.3) is 0 Å². The van der Waals surface area contributed by atoms with Crippen molar-refractivity contribution in [2.24, 2.45) is 0 Å². The van der Waals surface area contributed by atoms with Crippen LogP contribution in [0.4, 0.5) is 0 Å². The average Bonchev–Trinajstić information content (AvgIpc) is 2.67. The van der Waals surface area contributed by atoms with Crippen LogP contribution in [0.3, 0.4) is 0 Å². The fourth-order valence-corrected chi connectivity index (χ4v) is 1.40. The number of carbonyl (C=O) groups is 1. The molecule has 2 aromatic rings. The lowest BCUT2D eigenvalue weighted by Crippen LogP contribution is -1.80. The number of hydrogen-bond acceptors (Lipinski definition) is 3. The van der Waals surface area contributed by atoms with E-state index in [0.717, 1.165) is 17.4 Å². The first-order valence-electron chi connectivity index (χ1n) is 4.75. The maximum Gasteiger partial charge on any atom is 0.226 e. The Morgan fingerprint density at radius 3 is 3.07 bits per heavy atom. The molecule has 0 aliphatic rings. The smallest absolute Gasteiger partial charge is 0.226 e. The molecule has 0 unspecified atom stereocenters. The molecule has 0 N–H and O–H groups in total. The zero-order valence-electron chi connectivity index (χ0n) is 8.43. The molecule has 0 saturated heterocycles. The van der Waals surface area contributed by atoms with Gasteiger partial charge in [-0.15, -0.1) is 0 Å². The highest BCUT2D eigenvalue weighted by Crippen LogP contribution is 2.19. The van der Waals surface area contributed by atoms with Gasteiger partial charge in [0.2, 0.25) is 5.89 Å². The summed E-state index contributed by atoms with van der Waals surface area (Å²) < 4.78 is 5.42. The second-order valence-electron chi connectivity index (χ2n) is 3.37. The van der Waals surface area contributed by atoms with E-state index >= 15 is 0 Å². The zero-order valence-corrected chi connectivity index (χ0v) is 8.43. The van der Waals surface area contributed by atoms with E-state index in [1.807, 2.05) is 31.2 Å². The van der Waals surface area contributed by atoms with E-state index in [-0.39, 0.29) is 6.42 Å². The van der Waals surface area contributed by atoms with Crippen LogP contribution in [0, 0.1) is 6.92 Å². The summed E-state index contributed by atoms with van der Waals surface area (Å²) in [5.41, 5.74) is 2.09. The quantitative estimate of drug-likeness (QED) is 0.716. The second-order valence-corrected chi connectivity index (χ2v) is 3.37. The number of aryl methyl sites for hydroxylation is 1. The molecule has 2 rings (SSSR count). The largest absolute Gasteiger partial charge is 0.441 e. The molecule has 1 heterocycles. The van der Waals surface area contributed by atoms with Gasteiger partial charge in [-0.05, 0) is 19.1 Å². The van der Waals surface area contributed by atoms with Crippen LogP contribution in [0.2, 0.25) is 0 Å². The lowest BCUT2D eigenvalue weighted by molar-refractivity contribution is -0.107. The number of aromatic nitrogens is 1. The Kier molecular flexibility index (Phi) is 2.63. The van der Waals surface area contributed by atoms with Gasteiger partial charge < -0.3 is 9.21 Å². The highest BCUT2D eigenvalue weighted by Gasteiger charge is 2.05. The van der Waals surface area contributed by atoms with E-state index in [9.17, 15) is 4.79 Å². The lowest BCUT2D eigenvalue weighted by Gasteiger charge is -1.96. The van der Waals surface area contributed by atoms with Crippen LogP contribution in [0.5, 0.6) is 0 Å². The lowest BCUT2D eigenvalue weighted by atomic mass is 10.1. The Morgan fingerprint density at radius 2 is 2.33 bits per heavy atom. The number of oxazole rings is 1. The molecule has 3 nitrogen and oxygen atoms in total. The fourth-order valence-electron chi connectivity index (χ4n) is 1.40. The van der Waals surface area contributed by atoms with Crippen molar-refractivity contribution in [1.29, 1.82) is 0 Å². The molecule has 1 aromatic heterocycles. The molecular weight excluding hydrogens is 190 g/mol. The first-order valence-corrected chi connectivity index (χ1v) is 4.75. The van der Waals surface area contributed by atoms with Crippen LogP contribution in [-0.4, -0.2) is 11.3 Å². The van der Waals surface area contributed by atoms with Crippen molar-refractivity contribution in [3.05, 3.63) is 41.8 Å². The Balaban J connectivity index is 2.32. The first-order chi connectivity index (χ1) is 7.29. The molecule has 0 bridgehead atoms. The van der Waals surface area contributed by atoms with Crippen LogP contribution in [0.25, 0.3) is 11.5 Å². The van der Waals surface area contributed by atoms with Gasteiger partial charge in [0.15, 0.2) is 0 Å². The van der Waals surface area contributed by atoms with Crippen LogP contribution in [-0.2, 0) is 11.2 Å². The van der Waals surface area contributed by atoms with Gasteiger partial charge in [-0.3, -0.25) is 0 Å². The van der Waals surface area contributed by atoms with E-state index in [0.29, 0.717) is 11.7 Å². The van der Waals surface area contributed by atoms with Crippen molar-refractivity contribution in [2.75, 3.05) is 0 Å². The zero-order chi connectivity index (χ0) is 10.7. The Hall–Kier alpha value is -1.90. The highest BCUT2D eigenvalue weighted by molar-refractivity contribution is 5.56. The molecule has 0 saturated carbocycles. The average molecular weight is 201 g/mol. The summed E-state index contributed by atoms with van der Waals surface area (Å²) in [4.78, 5) is 14.4. The van der Waals surface area contributed by atoms with E-state index in [1.165, 1.54) is 0 Å².